The van der Waals surface area contributed by atoms with Crippen LogP contribution in [-0.4, -0.2) is 27.4 Å². The highest BCUT2D eigenvalue weighted by Gasteiger charge is 2.27. The van der Waals surface area contributed by atoms with Crippen LogP contribution in [0.4, 0.5) is 0 Å². The zero-order chi connectivity index (χ0) is 94.8. The molecule has 0 aliphatic heterocycles. The molecule has 0 N–H and O–H groups in total. The lowest BCUT2D eigenvalue weighted by Crippen LogP contribution is -1.97. The monoisotopic (exact) mass is 1830 g/mol. The summed E-state index contributed by atoms with van der Waals surface area (Å²) in [6.45, 7) is 0. The van der Waals surface area contributed by atoms with Crippen molar-refractivity contribution in [1.82, 2.24) is 27.4 Å². The maximum absolute atomic E-state index is 2.47. The van der Waals surface area contributed by atoms with E-state index < -0.39 is 0 Å². The standard InChI is InChI=1S/C50H32N2.C46H30N2.C42H28N2/c1-3-11-33(12-4-1)35-19-23-41(24-20-35)51-47-29-39-17-9-7-15-37(39)27-43(47)45-32-50-46(31-49(45)51)44-28-38-16-8-10-18-40(38)30-48(44)52(50)42-25-21-36(22-26-42)34-13-5-2-6-14-34;1-3-11-31(12-4-1)33-19-25-36(26-20-33)47-42-17-9-7-15-38(42)40-29-23-35-24-30-41-39-16-8-10-18-43(39)48(46(41)44(35)45(40)47)37-27-21-34(22-28-37)32-13-5-2-6-14-32;1-3-12-29(13-4-1)31-22-24-33(25-23-31)43-37-20-9-7-18-35(37)41-39(43)26-27-40-42(41)36-19-8-10-21-38(36)44(40)34-17-11-16-32(28-34)30-14-5-2-6-15-30/h1-32H;1-30H;1-28H. The number of hydrogen-bond donors (Lipinski definition) is 0. The molecule has 0 unspecified atom stereocenters. The molecule has 0 radical (unpaired) electrons. The Morgan fingerprint density at radius 1 is 0.0972 bits per heavy atom. The van der Waals surface area contributed by atoms with E-state index in [1.54, 1.807) is 0 Å². The molecule has 30 rings (SSSR count). The Bertz CT molecular complexity index is 9840. The molecule has 0 saturated carbocycles. The van der Waals surface area contributed by atoms with Crippen LogP contribution in [0.5, 0.6) is 0 Å². The molecule has 0 amide bonds. The van der Waals surface area contributed by atoms with E-state index in [-0.39, 0.29) is 0 Å². The van der Waals surface area contributed by atoms with Crippen molar-refractivity contribution in [2.24, 2.45) is 0 Å². The second-order valence-corrected chi connectivity index (χ2v) is 37.8. The topological polar surface area (TPSA) is 29.6 Å². The van der Waals surface area contributed by atoms with Crippen molar-refractivity contribution < 1.29 is 0 Å². The smallest absolute Gasteiger partial charge is 0.0640 e. The van der Waals surface area contributed by atoms with E-state index in [9.17, 15) is 0 Å². The first-order valence-electron chi connectivity index (χ1n) is 49.6. The van der Waals surface area contributed by atoms with E-state index in [0.717, 1.165) is 34.1 Å². The lowest BCUT2D eigenvalue weighted by atomic mass is 10.0. The molecule has 30 aromatic rings. The van der Waals surface area contributed by atoms with Gasteiger partial charge in [0.25, 0.3) is 0 Å². The van der Waals surface area contributed by atoms with E-state index in [4.69, 9.17) is 0 Å². The molecule has 24 aromatic carbocycles. The molecule has 672 valence electrons. The summed E-state index contributed by atoms with van der Waals surface area (Å²) < 4.78 is 14.7. The van der Waals surface area contributed by atoms with Gasteiger partial charge in [0.15, 0.2) is 0 Å². The van der Waals surface area contributed by atoms with Crippen LogP contribution in [0, 0.1) is 0 Å². The van der Waals surface area contributed by atoms with Crippen LogP contribution in [-0.2, 0) is 0 Å². The van der Waals surface area contributed by atoms with Gasteiger partial charge in [-0.2, -0.15) is 0 Å². The molecule has 144 heavy (non-hydrogen) atoms. The Morgan fingerprint density at radius 3 is 0.681 bits per heavy atom. The van der Waals surface area contributed by atoms with Gasteiger partial charge in [0.2, 0.25) is 0 Å². The molecule has 0 fully saturated rings. The van der Waals surface area contributed by atoms with Gasteiger partial charge in [-0.05, 0) is 239 Å². The maximum atomic E-state index is 2.47. The minimum atomic E-state index is 1.15. The fraction of sp³-hybridized carbons (Fsp3) is 0. The number of hydrogen-bond acceptors (Lipinski definition) is 0. The molecule has 6 heteroatoms. The highest BCUT2D eigenvalue weighted by Crippen LogP contribution is 2.49. The van der Waals surface area contributed by atoms with Gasteiger partial charge in [-0.1, -0.05) is 400 Å². The molecule has 0 bridgehead atoms. The van der Waals surface area contributed by atoms with Crippen molar-refractivity contribution in [2.45, 2.75) is 0 Å². The average molecular weight is 1830 g/mol. The summed E-state index contributed by atoms with van der Waals surface area (Å²) in [5.74, 6) is 0. The van der Waals surface area contributed by atoms with Gasteiger partial charge in [0.1, 0.15) is 0 Å². The molecule has 6 aromatic heterocycles. The van der Waals surface area contributed by atoms with Crippen LogP contribution < -0.4 is 0 Å². The molecular weight excluding hydrogens is 1740 g/mol. The Labute approximate surface area is 831 Å². The summed E-state index contributed by atoms with van der Waals surface area (Å²) in [5, 5.41) is 22.6. The van der Waals surface area contributed by atoms with Crippen molar-refractivity contribution in [3.63, 3.8) is 0 Å². The molecule has 0 saturated heterocycles. The van der Waals surface area contributed by atoms with Gasteiger partial charge in [0, 0.05) is 104 Å². The van der Waals surface area contributed by atoms with Crippen LogP contribution in [0.2, 0.25) is 0 Å². The van der Waals surface area contributed by atoms with E-state index in [0.29, 0.717) is 0 Å². The van der Waals surface area contributed by atoms with Crippen LogP contribution in [0.1, 0.15) is 0 Å². The lowest BCUT2D eigenvalue weighted by Gasteiger charge is -2.14. The maximum Gasteiger partial charge on any atom is 0.0640 e. The predicted octanol–water partition coefficient (Wildman–Crippen LogP) is 37.1. The molecule has 0 spiro atoms. The van der Waals surface area contributed by atoms with Gasteiger partial charge in [-0.15, -0.1) is 0 Å². The highest BCUT2D eigenvalue weighted by atomic mass is 15.0. The fourth-order valence-electron chi connectivity index (χ4n) is 23.0. The van der Waals surface area contributed by atoms with Gasteiger partial charge < -0.3 is 27.4 Å². The van der Waals surface area contributed by atoms with Crippen molar-refractivity contribution in [3.05, 3.63) is 546 Å². The Kier molecular flexibility index (Phi) is 19.9. The number of benzene rings is 24. The quantitative estimate of drug-likeness (QED) is 0.117. The second kappa shape index (κ2) is 34.5. The molecule has 0 atom stereocenters. The van der Waals surface area contributed by atoms with Crippen LogP contribution in [0.25, 0.3) is 264 Å². The Hall–Kier alpha value is -19.1. The average Bonchev–Trinajstić information content (AvgIpc) is 1.56. The normalized spacial score (nSPS) is 11.8. The molecule has 6 nitrogen and oxygen atoms in total. The Balaban J connectivity index is 0.000000105. The molecule has 0 aliphatic carbocycles. The number of para-hydroxylation sites is 4. The number of rotatable bonds is 12. The summed E-state index contributed by atoms with van der Waals surface area (Å²) >= 11 is 0. The van der Waals surface area contributed by atoms with Gasteiger partial charge in [-0.25, -0.2) is 0 Å². The molecule has 6 heterocycles. The lowest BCUT2D eigenvalue weighted by molar-refractivity contribution is 1.17. The second-order valence-electron chi connectivity index (χ2n) is 37.8. The zero-order valence-electron chi connectivity index (χ0n) is 78.6. The molecular formula is C138H90N6. The largest absolute Gasteiger partial charge is 0.309 e. The van der Waals surface area contributed by atoms with E-state index >= 15 is 0 Å². The number of aromatic nitrogens is 6. The minimum Gasteiger partial charge on any atom is -0.309 e. The van der Waals surface area contributed by atoms with E-state index in [1.165, 1.54) is 230 Å². The first kappa shape index (κ1) is 83.1. The number of fused-ring (bicyclic) bond motifs is 24. The highest BCUT2D eigenvalue weighted by molar-refractivity contribution is 6.31. The van der Waals surface area contributed by atoms with Crippen molar-refractivity contribution in [1.29, 1.82) is 0 Å². The van der Waals surface area contributed by atoms with Crippen molar-refractivity contribution >= 4 is 163 Å². The van der Waals surface area contributed by atoms with Crippen molar-refractivity contribution in [3.8, 4) is 101 Å². The van der Waals surface area contributed by atoms with Crippen LogP contribution in [0.3, 0.4) is 0 Å². The SMILES string of the molecule is c1ccc(-c2ccc(-n3c4cc5ccccc5cc4c4cc5c(cc43)c3cc4ccccc4cc3n5-c3ccc(-c4ccccc4)cc3)cc2)cc1.c1ccc(-c2ccc(-n3c4ccccc4c4c5c6ccccc6n(-c6cccc(-c7ccccc7)c6)c5ccc43)cc2)cc1.c1ccc(-c2ccc(-n3c4ccccc4c4ccc5ccc6c7ccccc7n(-c7ccc(-c8ccccc8)cc7)c6c5c43)cc2)cc1. The third kappa shape index (κ3) is 13.9. The fourth-order valence-corrected chi connectivity index (χ4v) is 23.0. The van der Waals surface area contributed by atoms with Crippen LogP contribution >= 0.6 is 0 Å². The van der Waals surface area contributed by atoms with Gasteiger partial charge in [0.05, 0.1) is 66.2 Å². The zero-order valence-corrected chi connectivity index (χ0v) is 78.6. The summed E-state index contributed by atoms with van der Waals surface area (Å²) in [7, 11) is 0. The number of nitrogens with zero attached hydrogens (tertiary/aromatic N) is 6. The summed E-state index contributed by atoms with van der Waals surface area (Å²) in [5.41, 5.74) is 36.1. The third-order valence-electron chi connectivity index (χ3n) is 29.7. The van der Waals surface area contributed by atoms with E-state index in [1.807, 2.05) is 0 Å². The first-order valence-corrected chi connectivity index (χ1v) is 49.6. The van der Waals surface area contributed by atoms with Gasteiger partial charge in [-0.3, -0.25) is 0 Å². The summed E-state index contributed by atoms with van der Waals surface area (Å²) in [6, 6.07) is 199. The summed E-state index contributed by atoms with van der Waals surface area (Å²) in [4.78, 5) is 0. The van der Waals surface area contributed by atoms with E-state index in [2.05, 4.69) is 573 Å². The van der Waals surface area contributed by atoms with Gasteiger partial charge >= 0.3 is 0 Å². The van der Waals surface area contributed by atoms with Crippen molar-refractivity contribution in [2.75, 3.05) is 0 Å². The predicted molar refractivity (Wildman–Crippen MR) is 610 cm³/mol. The minimum absolute atomic E-state index is 1.15. The first-order chi connectivity index (χ1) is 71.4. The Morgan fingerprint density at radius 2 is 0.340 bits per heavy atom. The summed E-state index contributed by atoms with van der Waals surface area (Å²) in [6.07, 6.45) is 0. The van der Waals surface area contributed by atoms with Crippen LogP contribution in [0.15, 0.2) is 546 Å². The third-order valence-corrected chi connectivity index (χ3v) is 29.7. The molecule has 0 aliphatic rings.